The molecule has 1 unspecified atom stereocenters. The van der Waals surface area contributed by atoms with E-state index in [1.165, 1.54) is 28.8 Å². The van der Waals surface area contributed by atoms with Gasteiger partial charge in [-0.3, -0.25) is 14.5 Å². The van der Waals surface area contributed by atoms with E-state index < -0.39 is 17.7 Å². The highest BCUT2D eigenvalue weighted by molar-refractivity contribution is 8.00. The number of hydrogen-bond donors (Lipinski definition) is 1. The Hall–Kier alpha value is -4.51. The average molecular weight is 644 g/mol. The summed E-state index contributed by atoms with van der Waals surface area (Å²) < 4.78 is 19.9. The van der Waals surface area contributed by atoms with Gasteiger partial charge in [0, 0.05) is 16.3 Å². The van der Waals surface area contributed by atoms with Crippen LogP contribution in [0.1, 0.15) is 28.3 Å². The first-order valence-electron chi connectivity index (χ1n) is 13.4. The van der Waals surface area contributed by atoms with Crippen LogP contribution in [0.4, 0.5) is 9.52 Å². The molecule has 1 fully saturated rings. The lowest BCUT2D eigenvalue weighted by Gasteiger charge is -2.23. The fourth-order valence-electron chi connectivity index (χ4n) is 4.71. The van der Waals surface area contributed by atoms with Gasteiger partial charge in [0.05, 0.1) is 11.6 Å². The summed E-state index contributed by atoms with van der Waals surface area (Å²) >= 11 is 8.57. The van der Waals surface area contributed by atoms with Crippen molar-refractivity contribution in [2.24, 2.45) is 0 Å². The third-order valence-electron chi connectivity index (χ3n) is 6.86. The highest BCUT2D eigenvalue weighted by atomic mass is 35.5. The Morgan fingerprint density at radius 2 is 1.68 bits per heavy atom. The number of thioether (sulfide) groups is 1. The zero-order valence-electron chi connectivity index (χ0n) is 22.9. The molecule has 11 heteroatoms. The predicted molar refractivity (Wildman–Crippen MR) is 169 cm³/mol. The minimum absolute atomic E-state index is 0.0896. The van der Waals surface area contributed by atoms with Crippen molar-refractivity contribution in [2.45, 2.75) is 22.7 Å². The third-order valence-corrected chi connectivity index (χ3v) is 9.24. The molecule has 0 radical (unpaired) electrons. The van der Waals surface area contributed by atoms with Gasteiger partial charge in [-0.2, -0.15) is 0 Å². The zero-order chi connectivity index (χ0) is 30.6. The fraction of sp³-hybridized carbons (Fsp3) is 0.0909. The molecule has 1 aliphatic rings. The number of amides is 1. The van der Waals surface area contributed by atoms with Crippen LogP contribution in [0.5, 0.6) is 5.75 Å². The standard InChI is InChI=1S/C33H23ClFN3O4S2/c34-24-13-11-22(12-14-24)29(39)27-28(23-7-4-8-26(17-23)42-18-20-5-2-1-3-6-20)38(31(41)30(27)40)32-36-37-33(44-32)43-19-21-9-15-25(35)16-10-21/h1-17,28,39H,18-19H2. The predicted octanol–water partition coefficient (Wildman–Crippen LogP) is 7.83. The molecule has 1 amide bonds. The first kappa shape index (κ1) is 29.6. The summed E-state index contributed by atoms with van der Waals surface area (Å²) in [6.45, 7) is 0.320. The highest BCUT2D eigenvalue weighted by Crippen LogP contribution is 2.44. The normalized spacial score (nSPS) is 16.0. The van der Waals surface area contributed by atoms with Crippen molar-refractivity contribution in [3.8, 4) is 5.75 Å². The number of nitrogens with zero attached hydrogens (tertiary/aromatic N) is 3. The van der Waals surface area contributed by atoms with E-state index in [4.69, 9.17) is 16.3 Å². The van der Waals surface area contributed by atoms with Crippen LogP contribution >= 0.6 is 34.7 Å². The topological polar surface area (TPSA) is 92.6 Å². The Labute approximate surface area is 265 Å². The van der Waals surface area contributed by atoms with Gasteiger partial charge in [-0.25, -0.2) is 4.39 Å². The molecule has 0 saturated carbocycles. The molecule has 1 atom stereocenters. The molecule has 1 saturated heterocycles. The molecule has 7 nitrogen and oxygen atoms in total. The summed E-state index contributed by atoms with van der Waals surface area (Å²) in [7, 11) is 0. The first-order valence-corrected chi connectivity index (χ1v) is 15.6. The average Bonchev–Trinajstić information content (AvgIpc) is 3.62. The quantitative estimate of drug-likeness (QED) is 0.0575. The van der Waals surface area contributed by atoms with Gasteiger partial charge in [0.1, 0.15) is 23.9 Å². The summed E-state index contributed by atoms with van der Waals surface area (Å²) in [5.41, 5.74) is 2.66. The van der Waals surface area contributed by atoms with Gasteiger partial charge in [0.15, 0.2) is 4.34 Å². The maximum Gasteiger partial charge on any atom is 0.301 e. The number of Topliss-reactive ketones (excluding diaryl/α,β-unsaturated/α-hetero) is 1. The molecule has 220 valence electrons. The molecule has 1 aliphatic heterocycles. The summed E-state index contributed by atoms with van der Waals surface area (Å²) in [6.07, 6.45) is 0. The van der Waals surface area contributed by atoms with Crippen molar-refractivity contribution >= 4 is 57.3 Å². The van der Waals surface area contributed by atoms with E-state index in [9.17, 15) is 19.1 Å². The van der Waals surface area contributed by atoms with E-state index in [0.29, 0.717) is 38.6 Å². The number of hydrogen-bond acceptors (Lipinski definition) is 8. The van der Waals surface area contributed by atoms with Crippen molar-refractivity contribution in [2.75, 3.05) is 4.90 Å². The van der Waals surface area contributed by atoms with Gasteiger partial charge in [0.25, 0.3) is 5.78 Å². The van der Waals surface area contributed by atoms with Crippen LogP contribution in [0, 0.1) is 5.82 Å². The Balaban J connectivity index is 1.36. The van der Waals surface area contributed by atoms with Gasteiger partial charge in [-0.15, -0.1) is 10.2 Å². The summed E-state index contributed by atoms with van der Waals surface area (Å²) in [4.78, 5) is 28.4. The molecule has 0 spiro atoms. The van der Waals surface area contributed by atoms with Crippen molar-refractivity contribution < 1.29 is 23.8 Å². The van der Waals surface area contributed by atoms with E-state index in [1.54, 1.807) is 60.7 Å². The zero-order valence-corrected chi connectivity index (χ0v) is 25.3. The minimum atomic E-state index is -1.01. The van der Waals surface area contributed by atoms with E-state index in [1.807, 2.05) is 30.3 Å². The van der Waals surface area contributed by atoms with Crippen LogP contribution in [0.2, 0.25) is 5.02 Å². The Morgan fingerprint density at radius 3 is 2.43 bits per heavy atom. The second-order valence-electron chi connectivity index (χ2n) is 9.79. The lowest BCUT2D eigenvalue weighted by molar-refractivity contribution is -0.132. The molecule has 5 aromatic rings. The molecule has 4 aromatic carbocycles. The molecule has 1 aromatic heterocycles. The summed E-state index contributed by atoms with van der Waals surface area (Å²) in [6, 6.07) is 28.2. The summed E-state index contributed by atoms with van der Waals surface area (Å²) in [5.74, 6) is -1.31. The second-order valence-corrected chi connectivity index (χ2v) is 12.4. The van der Waals surface area contributed by atoms with E-state index in [2.05, 4.69) is 10.2 Å². The number of aromatic nitrogens is 2. The van der Waals surface area contributed by atoms with Gasteiger partial charge >= 0.3 is 5.91 Å². The van der Waals surface area contributed by atoms with E-state index >= 15 is 0 Å². The van der Waals surface area contributed by atoms with Gasteiger partial charge in [-0.05, 0) is 65.2 Å². The van der Waals surface area contributed by atoms with Crippen molar-refractivity contribution in [1.82, 2.24) is 10.2 Å². The number of aliphatic hydroxyl groups excluding tert-OH is 1. The molecule has 0 aliphatic carbocycles. The number of benzene rings is 4. The Kier molecular flexibility index (Phi) is 8.74. The number of halogens is 2. The highest BCUT2D eigenvalue weighted by Gasteiger charge is 2.48. The van der Waals surface area contributed by atoms with E-state index in [-0.39, 0.29) is 22.3 Å². The number of ketones is 1. The van der Waals surface area contributed by atoms with Crippen LogP contribution in [-0.4, -0.2) is 27.0 Å². The molecule has 0 bridgehead atoms. The van der Waals surface area contributed by atoms with Crippen molar-refractivity contribution in [3.05, 3.63) is 142 Å². The first-order chi connectivity index (χ1) is 21.4. The van der Waals surface area contributed by atoms with Crippen molar-refractivity contribution in [1.29, 1.82) is 0 Å². The van der Waals surface area contributed by atoms with Crippen LogP contribution in [0.15, 0.2) is 113 Å². The SMILES string of the molecule is O=C1C(=O)N(c2nnc(SCc3ccc(F)cc3)s2)C(c2cccc(OCc3ccccc3)c2)C1=C(O)c1ccc(Cl)cc1. The molecular formula is C33H23ClFN3O4S2. The number of ether oxygens (including phenoxy) is 1. The van der Waals surface area contributed by atoms with Crippen LogP contribution in [0.3, 0.4) is 0 Å². The lowest BCUT2D eigenvalue weighted by atomic mass is 9.95. The molecule has 2 heterocycles. The van der Waals surface area contributed by atoms with Gasteiger partial charge in [-0.1, -0.05) is 89.3 Å². The third kappa shape index (κ3) is 6.37. The number of aliphatic hydroxyl groups is 1. The Bertz CT molecular complexity index is 1850. The largest absolute Gasteiger partial charge is 0.507 e. The number of carbonyl (C=O) groups is 2. The maximum atomic E-state index is 13.6. The molecule has 1 N–H and O–H groups in total. The number of carbonyl (C=O) groups excluding carboxylic acids is 2. The summed E-state index contributed by atoms with van der Waals surface area (Å²) in [5, 5.41) is 20.5. The number of anilines is 1. The van der Waals surface area contributed by atoms with E-state index in [0.717, 1.165) is 22.5 Å². The molecule has 44 heavy (non-hydrogen) atoms. The second kappa shape index (κ2) is 13.0. The molecule has 6 rings (SSSR count). The minimum Gasteiger partial charge on any atom is -0.507 e. The van der Waals surface area contributed by atoms with Crippen LogP contribution in [-0.2, 0) is 21.9 Å². The fourth-order valence-corrected chi connectivity index (χ4v) is 6.66. The van der Waals surface area contributed by atoms with Crippen molar-refractivity contribution in [3.63, 3.8) is 0 Å². The van der Waals surface area contributed by atoms with Crippen LogP contribution < -0.4 is 9.64 Å². The smallest absolute Gasteiger partial charge is 0.301 e. The maximum absolute atomic E-state index is 13.6. The Morgan fingerprint density at radius 1 is 0.932 bits per heavy atom. The van der Waals surface area contributed by atoms with Crippen LogP contribution in [0.25, 0.3) is 5.76 Å². The van der Waals surface area contributed by atoms with Gasteiger partial charge in [0.2, 0.25) is 5.13 Å². The molecular weight excluding hydrogens is 621 g/mol. The number of rotatable bonds is 9. The lowest BCUT2D eigenvalue weighted by Crippen LogP contribution is -2.29. The van der Waals surface area contributed by atoms with Gasteiger partial charge < -0.3 is 9.84 Å². The monoisotopic (exact) mass is 643 g/mol.